The van der Waals surface area contributed by atoms with E-state index in [1.807, 2.05) is 5.38 Å². The van der Waals surface area contributed by atoms with Gasteiger partial charge >= 0.3 is 0 Å². The molecule has 1 N–H and O–H groups in total. The highest BCUT2D eigenvalue weighted by Gasteiger charge is 2.28. The molecule has 28 heavy (non-hydrogen) atoms. The molecule has 0 unspecified atom stereocenters. The summed E-state index contributed by atoms with van der Waals surface area (Å²) in [5, 5.41) is 17.0. The molecule has 1 amide bonds. The Bertz CT molecular complexity index is 1180. The van der Waals surface area contributed by atoms with Gasteiger partial charge in [0.15, 0.2) is 11.5 Å². The smallest absolute Gasteiger partial charge is 0.287 e. The first-order chi connectivity index (χ1) is 13.7. The van der Waals surface area contributed by atoms with E-state index < -0.39 is 0 Å². The van der Waals surface area contributed by atoms with E-state index in [1.54, 1.807) is 35.4 Å². The molecule has 0 aromatic carbocycles. The number of H-pyrrole nitrogens is 1. The number of nitrogens with one attached hydrogen (secondary N) is 1. The minimum absolute atomic E-state index is 0.0617. The Kier molecular flexibility index (Phi) is 4.05. The van der Waals surface area contributed by atoms with Crippen molar-refractivity contribution in [1.82, 2.24) is 30.1 Å². The number of hydrogen-bond acceptors (Lipinski definition) is 7. The van der Waals surface area contributed by atoms with E-state index in [4.69, 9.17) is 4.42 Å². The fraction of sp³-hybridized carbons (Fsp3) is 0.278. The fourth-order valence-electron chi connectivity index (χ4n) is 3.49. The number of aromatic nitrogens is 5. The Morgan fingerprint density at radius 2 is 2.14 bits per heavy atom. The first-order valence-electron chi connectivity index (χ1n) is 8.92. The molecule has 4 aromatic rings. The van der Waals surface area contributed by atoms with Crippen LogP contribution in [0.15, 0.2) is 45.1 Å². The molecule has 0 spiro atoms. The maximum Gasteiger partial charge on any atom is 0.287 e. The van der Waals surface area contributed by atoms with Crippen molar-refractivity contribution in [1.29, 1.82) is 0 Å². The van der Waals surface area contributed by atoms with Crippen LogP contribution >= 0.6 is 11.3 Å². The second-order valence-corrected chi connectivity index (χ2v) is 7.56. The predicted molar refractivity (Wildman–Crippen MR) is 102 cm³/mol. The number of hydrogen-bond donors (Lipinski definition) is 1. The van der Waals surface area contributed by atoms with Gasteiger partial charge in [0.1, 0.15) is 15.9 Å². The average molecular weight is 396 g/mol. The van der Waals surface area contributed by atoms with Crippen molar-refractivity contribution in [3.05, 3.63) is 52.0 Å². The van der Waals surface area contributed by atoms with Gasteiger partial charge in [0.25, 0.3) is 11.5 Å². The molecule has 1 aliphatic heterocycles. The normalized spacial score (nSPS) is 15.4. The van der Waals surface area contributed by atoms with Crippen LogP contribution < -0.4 is 5.56 Å². The summed E-state index contributed by atoms with van der Waals surface area (Å²) in [5.41, 5.74) is 1.53. The third kappa shape index (κ3) is 2.82. The number of piperidine rings is 1. The third-order valence-electron chi connectivity index (χ3n) is 4.98. The monoisotopic (exact) mass is 396 g/mol. The standard InChI is InChI=1S/C18H16N6O3S/c25-17(14-10-13(19-20-14)15-2-1-8-27-15)23-6-3-11(4-7-23)24-18(26)16-12(21-22-24)5-9-28-16/h1-2,5,8-11H,3-4,6-7H2,(H,19,20). The maximum atomic E-state index is 12.8. The second-order valence-electron chi connectivity index (χ2n) is 6.64. The molecule has 1 fully saturated rings. The molecule has 5 rings (SSSR count). The van der Waals surface area contributed by atoms with Crippen molar-refractivity contribution >= 4 is 27.5 Å². The summed E-state index contributed by atoms with van der Waals surface area (Å²) in [6, 6.07) is 7.00. The molecule has 9 nitrogen and oxygen atoms in total. The number of furan rings is 1. The number of nitrogens with zero attached hydrogens (tertiary/aromatic N) is 5. The van der Waals surface area contributed by atoms with Crippen LogP contribution in [0.3, 0.4) is 0 Å². The van der Waals surface area contributed by atoms with Crippen LogP contribution in [-0.2, 0) is 0 Å². The van der Waals surface area contributed by atoms with Crippen molar-refractivity contribution in [2.75, 3.05) is 13.1 Å². The number of carbonyl (C=O) groups excluding carboxylic acids is 1. The topological polar surface area (TPSA) is 110 Å². The molecule has 1 aliphatic rings. The Morgan fingerprint density at radius 3 is 2.93 bits per heavy atom. The van der Waals surface area contributed by atoms with Gasteiger partial charge in [-0.25, -0.2) is 4.68 Å². The van der Waals surface area contributed by atoms with Gasteiger partial charge in [0.2, 0.25) is 0 Å². The summed E-state index contributed by atoms with van der Waals surface area (Å²) < 4.78 is 7.40. The molecule has 4 aromatic heterocycles. The number of fused-ring (bicyclic) bond motifs is 1. The zero-order chi connectivity index (χ0) is 19.1. The van der Waals surface area contributed by atoms with E-state index in [0.717, 1.165) is 0 Å². The van der Waals surface area contributed by atoms with Gasteiger partial charge in [-0.15, -0.1) is 16.4 Å². The van der Waals surface area contributed by atoms with E-state index in [9.17, 15) is 9.59 Å². The summed E-state index contributed by atoms with van der Waals surface area (Å²) in [7, 11) is 0. The zero-order valence-corrected chi connectivity index (χ0v) is 15.6. The third-order valence-corrected chi connectivity index (χ3v) is 5.87. The largest absolute Gasteiger partial charge is 0.463 e. The zero-order valence-electron chi connectivity index (χ0n) is 14.7. The average Bonchev–Trinajstić information content (AvgIpc) is 3.49. The summed E-state index contributed by atoms with van der Waals surface area (Å²) in [6.07, 6.45) is 2.86. The van der Waals surface area contributed by atoms with Crippen molar-refractivity contribution in [3.63, 3.8) is 0 Å². The van der Waals surface area contributed by atoms with Gasteiger partial charge in [-0.05, 0) is 36.4 Å². The van der Waals surface area contributed by atoms with Crippen LogP contribution in [0, 0.1) is 0 Å². The molecule has 1 saturated heterocycles. The van der Waals surface area contributed by atoms with E-state index >= 15 is 0 Å². The maximum absolute atomic E-state index is 12.8. The van der Waals surface area contributed by atoms with Gasteiger partial charge in [0, 0.05) is 19.2 Å². The number of amides is 1. The van der Waals surface area contributed by atoms with Crippen molar-refractivity contribution in [3.8, 4) is 11.5 Å². The first-order valence-corrected chi connectivity index (χ1v) is 9.80. The minimum Gasteiger partial charge on any atom is -0.463 e. The fourth-order valence-corrected chi connectivity index (χ4v) is 4.24. The number of aromatic amines is 1. The van der Waals surface area contributed by atoms with Gasteiger partial charge in [-0.3, -0.25) is 14.7 Å². The Hall–Kier alpha value is -3.27. The van der Waals surface area contributed by atoms with E-state index in [2.05, 4.69) is 20.5 Å². The molecular formula is C18H16N6O3S. The van der Waals surface area contributed by atoms with Crippen molar-refractivity contribution in [2.24, 2.45) is 0 Å². The van der Waals surface area contributed by atoms with Gasteiger partial charge in [-0.1, -0.05) is 5.21 Å². The highest BCUT2D eigenvalue weighted by molar-refractivity contribution is 7.17. The molecule has 0 atom stereocenters. The van der Waals surface area contributed by atoms with E-state index in [1.165, 1.54) is 16.0 Å². The van der Waals surface area contributed by atoms with Crippen LogP contribution in [0.5, 0.6) is 0 Å². The predicted octanol–water partition coefficient (Wildman–Crippen LogP) is 2.31. The minimum atomic E-state index is -0.139. The molecule has 0 bridgehead atoms. The molecule has 0 radical (unpaired) electrons. The molecule has 10 heteroatoms. The quantitative estimate of drug-likeness (QED) is 0.569. The summed E-state index contributed by atoms with van der Waals surface area (Å²) in [5.74, 6) is 0.492. The van der Waals surface area contributed by atoms with Crippen LogP contribution in [0.2, 0.25) is 0 Å². The number of rotatable bonds is 3. The number of carbonyl (C=O) groups is 1. The summed E-state index contributed by atoms with van der Waals surface area (Å²) in [6.45, 7) is 1.06. The van der Waals surface area contributed by atoms with Gasteiger partial charge < -0.3 is 9.32 Å². The van der Waals surface area contributed by atoms with Crippen molar-refractivity contribution in [2.45, 2.75) is 18.9 Å². The second kappa shape index (κ2) is 6.71. The summed E-state index contributed by atoms with van der Waals surface area (Å²) in [4.78, 5) is 27.1. The van der Waals surface area contributed by atoms with E-state index in [0.29, 0.717) is 53.3 Å². The van der Waals surface area contributed by atoms with E-state index in [-0.39, 0.29) is 17.5 Å². The van der Waals surface area contributed by atoms with Gasteiger partial charge in [-0.2, -0.15) is 5.10 Å². The van der Waals surface area contributed by atoms with Gasteiger partial charge in [0.05, 0.1) is 12.3 Å². The Balaban J connectivity index is 1.29. The van der Waals surface area contributed by atoms with Crippen LogP contribution in [0.1, 0.15) is 29.4 Å². The Labute approximate surface area is 162 Å². The summed E-state index contributed by atoms with van der Waals surface area (Å²) >= 11 is 1.38. The lowest BCUT2D eigenvalue weighted by molar-refractivity contribution is 0.0681. The number of likely N-dealkylation sites (tertiary alicyclic amines) is 1. The molecular weight excluding hydrogens is 380 g/mol. The SMILES string of the molecule is O=C(c1cc(-c2ccco2)[nH]n1)N1CCC(n2nnc3ccsc3c2=O)CC1. The highest BCUT2D eigenvalue weighted by Crippen LogP contribution is 2.24. The Morgan fingerprint density at radius 1 is 1.29 bits per heavy atom. The lowest BCUT2D eigenvalue weighted by Crippen LogP contribution is -2.41. The molecule has 0 aliphatic carbocycles. The molecule has 5 heterocycles. The van der Waals surface area contributed by atoms with Crippen LogP contribution in [0.4, 0.5) is 0 Å². The van der Waals surface area contributed by atoms with Crippen LogP contribution in [-0.4, -0.2) is 49.1 Å². The number of thiophene rings is 1. The van der Waals surface area contributed by atoms with Crippen molar-refractivity contribution < 1.29 is 9.21 Å². The molecule has 0 saturated carbocycles. The van der Waals surface area contributed by atoms with Crippen LogP contribution in [0.25, 0.3) is 21.7 Å². The highest BCUT2D eigenvalue weighted by atomic mass is 32.1. The lowest BCUT2D eigenvalue weighted by atomic mass is 10.0. The lowest BCUT2D eigenvalue weighted by Gasteiger charge is -2.31. The molecule has 142 valence electrons. The first kappa shape index (κ1) is 16.9.